The van der Waals surface area contributed by atoms with Gasteiger partial charge in [-0.3, -0.25) is 9.59 Å². The molecule has 1 N–H and O–H groups in total. The van der Waals surface area contributed by atoms with Gasteiger partial charge in [0.05, 0.1) is 13.0 Å². The van der Waals surface area contributed by atoms with Crippen LogP contribution in [-0.2, 0) is 4.79 Å². The lowest BCUT2D eigenvalue weighted by atomic mass is 9.88. The summed E-state index contributed by atoms with van der Waals surface area (Å²) in [5.41, 5.74) is 2.68. The predicted molar refractivity (Wildman–Crippen MR) is 114 cm³/mol. The first-order valence-corrected chi connectivity index (χ1v) is 10.3. The fourth-order valence-electron chi connectivity index (χ4n) is 3.95. The van der Waals surface area contributed by atoms with Crippen molar-refractivity contribution < 1.29 is 14.3 Å². The minimum Gasteiger partial charge on any atom is -0.497 e. The van der Waals surface area contributed by atoms with Crippen LogP contribution in [0.2, 0.25) is 0 Å². The maximum Gasteiger partial charge on any atom is 0.254 e. The molecule has 0 bridgehead atoms. The molecular formula is C24H30N2O3. The zero-order chi connectivity index (χ0) is 20.8. The van der Waals surface area contributed by atoms with Crippen molar-refractivity contribution in [1.82, 2.24) is 10.2 Å². The number of hydrogen-bond donors (Lipinski definition) is 1. The largest absolute Gasteiger partial charge is 0.497 e. The molecule has 1 aliphatic heterocycles. The second-order valence-electron chi connectivity index (χ2n) is 7.66. The third kappa shape index (κ3) is 4.78. The highest BCUT2D eigenvalue weighted by Gasteiger charge is 2.40. The molecule has 3 rings (SSSR count). The third-order valence-electron chi connectivity index (χ3n) is 5.67. The Morgan fingerprint density at radius 3 is 2.66 bits per heavy atom. The smallest absolute Gasteiger partial charge is 0.254 e. The zero-order valence-electron chi connectivity index (χ0n) is 17.5. The summed E-state index contributed by atoms with van der Waals surface area (Å²) >= 11 is 0. The number of aryl methyl sites for hydroxylation is 1. The number of carbonyl (C=O) groups excluding carboxylic acids is 2. The monoisotopic (exact) mass is 394 g/mol. The fraction of sp³-hybridized carbons (Fsp3) is 0.417. The Bertz CT molecular complexity index is 865. The van der Waals surface area contributed by atoms with Crippen LogP contribution in [0, 0.1) is 12.8 Å². The van der Waals surface area contributed by atoms with Gasteiger partial charge < -0.3 is 15.0 Å². The van der Waals surface area contributed by atoms with Crippen molar-refractivity contribution in [3.63, 3.8) is 0 Å². The Balaban J connectivity index is 1.86. The van der Waals surface area contributed by atoms with Crippen LogP contribution in [0.15, 0.2) is 48.5 Å². The number of likely N-dealkylation sites (tertiary alicyclic amines) is 1. The van der Waals surface area contributed by atoms with Crippen molar-refractivity contribution in [2.45, 2.75) is 32.6 Å². The van der Waals surface area contributed by atoms with E-state index < -0.39 is 0 Å². The van der Waals surface area contributed by atoms with Crippen molar-refractivity contribution in [2.24, 2.45) is 5.92 Å². The van der Waals surface area contributed by atoms with Crippen LogP contribution in [0.4, 0.5) is 0 Å². The van der Waals surface area contributed by atoms with E-state index in [1.165, 1.54) is 0 Å². The first-order chi connectivity index (χ1) is 14.0. The number of benzene rings is 2. The number of nitrogens with one attached hydrogen (secondary N) is 1. The van der Waals surface area contributed by atoms with Gasteiger partial charge in [-0.05, 0) is 42.7 Å². The Hall–Kier alpha value is -2.82. The van der Waals surface area contributed by atoms with Crippen LogP contribution in [-0.4, -0.2) is 43.5 Å². The summed E-state index contributed by atoms with van der Waals surface area (Å²) in [5.74, 6) is 0.439. The molecule has 2 amide bonds. The molecule has 5 heteroatoms. The van der Waals surface area contributed by atoms with Gasteiger partial charge in [0, 0.05) is 31.1 Å². The zero-order valence-corrected chi connectivity index (χ0v) is 17.5. The predicted octanol–water partition coefficient (Wildman–Crippen LogP) is 3.78. The SMILES string of the molecule is CCCCNC(=O)C1CN(C(=O)c2ccccc2C)CC1c1cccc(OC)c1. The van der Waals surface area contributed by atoms with Gasteiger partial charge in [0.25, 0.3) is 5.91 Å². The molecule has 0 saturated carbocycles. The quantitative estimate of drug-likeness (QED) is 0.727. The second kappa shape index (κ2) is 9.59. The summed E-state index contributed by atoms with van der Waals surface area (Å²) in [5, 5.41) is 3.06. The van der Waals surface area contributed by atoms with E-state index in [0.29, 0.717) is 25.2 Å². The normalized spacial score (nSPS) is 18.5. The molecule has 0 radical (unpaired) electrons. The number of hydrogen-bond acceptors (Lipinski definition) is 3. The number of amides is 2. The van der Waals surface area contributed by atoms with Crippen molar-refractivity contribution in [1.29, 1.82) is 0 Å². The van der Waals surface area contributed by atoms with E-state index in [1.807, 2.05) is 60.4 Å². The molecule has 29 heavy (non-hydrogen) atoms. The fourth-order valence-corrected chi connectivity index (χ4v) is 3.95. The van der Waals surface area contributed by atoms with Gasteiger partial charge in [0.1, 0.15) is 5.75 Å². The molecule has 0 spiro atoms. The van der Waals surface area contributed by atoms with Gasteiger partial charge in [0.2, 0.25) is 5.91 Å². The van der Waals surface area contributed by atoms with Crippen LogP contribution < -0.4 is 10.1 Å². The average Bonchev–Trinajstić information content (AvgIpc) is 3.19. The van der Waals surface area contributed by atoms with Gasteiger partial charge in [-0.2, -0.15) is 0 Å². The maximum atomic E-state index is 13.2. The Morgan fingerprint density at radius 2 is 1.93 bits per heavy atom. The highest BCUT2D eigenvalue weighted by molar-refractivity contribution is 5.96. The van der Waals surface area contributed by atoms with Gasteiger partial charge in [-0.25, -0.2) is 0 Å². The molecule has 1 aliphatic rings. The molecule has 0 aromatic heterocycles. The van der Waals surface area contributed by atoms with E-state index in [4.69, 9.17) is 4.74 Å². The lowest BCUT2D eigenvalue weighted by Gasteiger charge is -2.18. The molecule has 154 valence electrons. The topological polar surface area (TPSA) is 58.6 Å². The van der Waals surface area contributed by atoms with Gasteiger partial charge in [0.15, 0.2) is 0 Å². The van der Waals surface area contributed by atoms with Crippen molar-refractivity contribution in [3.05, 3.63) is 65.2 Å². The molecule has 2 atom stereocenters. The highest BCUT2D eigenvalue weighted by Crippen LogP contribution is 2.35. The molecule has 2 aromatic carbocycles. The Morgan fingerprint density at radius 1 is 1.14 bits per heavy atom. The summed E-state index contributed by atoms with van der Waals surface area (Å²) < 4.78 is 5.37. The van der Waals surface area contributed by atoms with Gasteiger partial charge >= 0.3 is 0 Å². The van der Waals surface area contributed by atoms with E-state index in [-0.39, 0.29) is 23.7 Å². The number of methoxy groups -OCH3 is 1. The number of ether oxygens (including phenoxy) is 1. The van der Waals surface area contributed by atoms with Crippen molar-refractivity contribution in [2.75, 3.05) is 26.7 Å². The van der Waals surface area contributed by atoms with Crippen molar-refractivity contribution >= 4 is 11.8 Å². The van der Waals surface area contributed by atoms with E-state index in [2.05, 4.69) is 12.2 Å². The number of nitrogens with zero attached hydrogens (tertiary/aromatic N) is 1. The van der Waals surface area contributed by atoms with Crippen LogP contribution in [0.25, 0.3) is 0 Å². The molecule has 1 heterocycles. The van der Waals surface area contributed by atoms with Crippen LogP contribution in [0.3, 0.4) is 0 Å². The second-order valence-corrected chi connectivity index (χ2v) is 7.66. The van der Waals surface area contributed by atoms with Crippen molar-refractivity contribution in [3.8, 4) is 5.75 Å². The third-order valence-corrected chi connectivity index (χ3v) is 5.67. The molecule has 5 nitrogen and oxygen atoms in total. The minimum absolute atomic E-state index is 0.0140. The van der Waals surface area contributed by atoms with Crippen LogP contribution in [0.1, 0.15) is 47.2 Å². The summed E-state index contributed by atoms with van der Waals surface area (Å²) in [6, 6.07) is 15.4. The maximum absolute atomic E-state index is 13.2. The van der Waals surface area contributed by atoms with E-state index >= 15 is 0 Å². The minimum atomic E-state index is -0.271. The van der Waals surface area contributed by atoms with Crippen LogP contribution >= 0.6 is 0 Å². The lowest BCUT2D eigenvalue weighted by molar-refractivity contribution is -0.124. The van der Waals surface area contributed by atoms with E-state index in [1.54, 1.807) is 7.11 Å². The highest BCUT2D eigenvalue weighted by atomic mass is 16.5. The van der Waals surface area contributed by atoms with E-state index in [0.717, 1.165) is 29.7 Å². The summed E-state index contributed by atoms with van der Waals surface area (Å²) in [6.07, 6.45) is 1.98. The Kier molecular flexibility index (Phi) is 6.91. The van der Waals surface area contributed by atoms with Gasteiger partial charge in [-0.1, -0.05) is 43.7 Å². The number of unbranched alkanes of at least 4 members (excludes halogenated alkanes) is 1. The van der Waals surface area contributed by atoms with Gasteiger partial charge in [-0.15, -0.1) is 0 Å². The first-order valence-electron chi connectivity index (χ1n) is 10.3. The summed E-state index contributed by atoms with van der Waals surface area (Å²) in [6.45, 7) is 5.66. The molecule has 1 saturated heterocycles. The molecule has 2 aromatic rings. The molecule has 1 fully saturated rings. The Labute approximate surface area is 173 Å². The van der Waals surface area contributed by atoms with E-state index in [9.17, 15) is 9.59 Å². The summed E-state index contributed by atoms with van der Waals surface area (Å²) in [4.78, 5) is 27.9. The summed E-state index contributed by atoms with van der Waals surface area (Å²) in [7, 11) is 1.64. The standard InChI is InChI=1S/C24H30N2O3/c1-4-5-13-25-23(27)22-16-26(24(28)20-12-7-6-9-17(20)2)15-21(22)18-10-8-11-19(14-18)29-3/h6-12,14,21-22H,4-5,13,15-16H2,1-3H3,(H,25,27). The molecule has 2 unspecified atom stereocenters. The number of carbonyl (C=O) groups is 2. The first kappa shape index (κ1) is 20.9. The van der Waals surface area contributed by atoms with Crippen LogP contribution in [0.5, 0.6) is 5.75 Å². The number of rotatable bonds is 7. The molecule has 0 aliphatic carbocycles. The average molecular weight is 395 g/mol. The molecular weight excluding hydrogens is 364 g/mol. The lowest BCUT2D eigenvalue weighted by Crippen LogP contribution is -2.36.